The van der Waals surface area contributed by atoms with Crippen molar-refractivity contribution in [2.75, 3.05) is 26.2 Å². The topological polar surface area (TPSA) is 375 Å². The number of nitrogens with zero attached hydrogens (tertiary/aromatic N) is 4. The van der Waals surface area contributed by atoms with Crippen LogP contribution in [0.2, 0.25) is 0 Å². The summed E-state index contributed by atoms with van der Waals surface area (Å²) in [5.74, 6) is -8.87. The molecule has 3 fully saturated rings. The van der Waals surface area contributed by atoms with E-state index < -0.39 is 107 Å². The molecule has 1 aromatic heterocycles. The van der Waals surface area contributed by atoms with Gasteiger partial charge in [-0.3, -0.25) is 43.3 Å². The second-order valence-corrected chi connectivity index (χ2v) is 20.6. The lowest BCUT2D eigenvalue weighted by atomic mass is 9.83. The molecule has 6 amide bonds. The fourth-order valence-electron chi connectivity index (χ4n) is 10.8. The number of carbonyl (C=O) groups excluding carboxylic acids is 8. The van der Waals surface area contributed by atoms with Crippen LogP contribution < -0.4 is 39.3 Å². The molecule has 1 unspecified atom stereocenters. The van der Waals surface area contributed by atoms with Crippen LogP contribution in [-0.2, 0) is 60.9 Å². The molecule has 0 spiro atoms. The fourth-order valence-corrected chi connectivity index (χ4v) is 10.8. The maximum absolute atomic E-state index is 14.9. The van der Waals surface area contributed by atoms with Gasteiger partial charge in [0.25, 0.3) is 0 Å². The van der Waals surface area contributed by atoms with Crippen molar-refractivity contribution < 1.29 is 53.0 Å². The van der Waals surface area contributed by atoms with Crippen molar-refractivity contribution >= 4 is 70.0 Å². The number of esters is 1. The van der Waals surface area contributed by atoms with E-state index in [1.54, 1.807) is 43.5 Å². The van der Waals surface area contributed by atoms with Crippen LogP contribution in [0.5, 0.6) is 0 Å². The summed E-state index contributed by atoms with van der Waals surface area (Å²) in [7, 11) is 0. The predicted octanol–water partition coefficient (Wildman–Crippen LogP) is 0.836. The lowest BCUT2D eigenvalue weighted by Gasteiger charge is -2.39. The summed E-state index contributed by atoms with van der Waals surface area (Å²) in [4.78, 5) is 136. The number of Topliss-reactive ketones (excluding diaryl/α,β-unsaturated/α-hetero) is 1. The molecule has 0 bridgehead atoms. The van der Waals surface area contributed by atoms with Crippen LogP contribution in [0.3, 0.4) is 0 Å². The quantitative estimate of drug-likeness (QED) is 0.0168. The summed E-state index contributed by atoms with van der Waals surface area (Å²) < 4.78 is 5.68. The first kappa shape index (κ1) is 58.9. The number of guanidine groups is 1. The number of benzene rings is 2. The first-order valence-corrected chi connectivity index (χ1v) is 26.7. The normalized spacial score (nSPS) is 20.6. The van der Waals surface area contributed by atoms with Crippen molar-refractivity contribution in [1.29, 1.82) is 0 Å². The number of H-pyrrole nitrogens is 1. The molecule has 3 saturated heterocycles. The first-order valence-electron chi connectivity index (χ1n) is 26.7. The number of para-hydroxylation sites is 1. The van der Waals surface area contributed by atoms with Gasteiger partial charge in [-0.1, -0.05) is 68.8 Å². The van der Waals surface area contributed by atoms with E-state index in [2.05, 4.69) is 20.6 Å². The number of hydrogen-bond acceptors (Lipinski definition) is 13. The largest absolute Gasteiger partial charge is 0.479 e. The van der Waals surface area contributed by atoms with E-state index in [0.717, 1.165) is 16.5 Å². The highest BCUT2D eigenvalue weighted by atomic mass is 16.5. The Kier molecular flexibility index (Phi) is 20.7. The van der Waals surface area contributed by atoms with Gasteiger partial charge in [0.05, 0.1) is 12.1 Å². The molecule has 418 valence electrons. The number of aliphatic carboxylic acids is 1. The Labute approximate surface area is 447 Å². The summed E-state index contributed by atoms with van der Waals surface area (Å²) in [5, 5.41) is 17.4. The molecule has 0 aliphatic carbocycles. The number of nitrogens with two attached hydrogens (primary N) is 5. The number of aromatic amines is 1. The first-order chi connectivity index (χ1) is 36.8. The standard InChI is InChI=1S/C54H76N12O11/c1-3-32(2)44(63-46(69)40(20-21-43(57)67)62-47(70)41-18-10-26-64(41)48(71)37(55)16-9-25-60-53(58)59)50(73)65-27-11-19-42(65)49(72)66-28-12-23-54(66,52(75)76)24-22-36(51(74)77-31-33-13-5-4-6-14-33)45(68)38(56)29-34-30-61-39-17-8-7-15-35(34)39/h4-8,13-15,17,30,32,36-38,40-42,44,61H,3,9-12,16,18-29,31,55-56H2,1-2H3,(H2,57,67)(H,62,70)(H,63,69)(H,75,76)(H4,58,59,60)/t32-,36?,37-,38-,40-,41-,42-,44-,54+/m0/s1. The summed E-state index contributed by atoms with van der Waals surface area (Å²) >= 11 is 0. The van der Waals surface area contributed by atoms with Gasteiger partial charge in [0.15, 0.2) is 11.7 Å². The van der Waals surface area contributed by atoms with Crippen LogP contribution in [0, 0.1) is 11.8 Å². The van der Waals surface area contributed by atoms with E-state index in [0.29, 0.717) is 31.2 Å². The third-order valence-corrected chi connectivity index (χ3v) is 15.4. The highest BCUT2D eigenvalue weighted by Gasteiger charge is 2.54. The number of carboxylic acids is 1. The number of hydrogen-bond donors (Lipinski definition) is 9. The molecule has 9 atom stereocenters. The Hall–Kier alpha value is -7.40. The van der Waals surface area contributed by atoms with Crippen LogP contribution in [-0.4, -0.2) is 152 Å². The molecule has 0 radical (unpaired) electrons. The zero-order chi connectivity index (χ0) is 56.0. The van der Waals surface area contributed by atoms with Gasteiger partial charge in [-0.05, 0) is 100 Å². The SMILES string of the molecule is CC[C@H](C)[C@H](NC(=O)[C@H](CCC(N)=O)NC(=O)[C@@H]1CCCN1C(=O)[C@@H](N)CCCN=C(N)N)C(=O)N1CCC[C@H]1C(=O)N1CCC[C@@]1(CCC(C(=O)OCc1ccccc1)C(=O)[C@@H](N)Cc1c[nH]c2ccccc12)C(=O)O. The number of ketones is 1. The minimum atomic E-state index is -1.87. The van der Waals surface area contributed by atoms with E-state index in [1.807, 2.05) is 31.2 Å². The second kappa shape index (κ2) is 27.1. The molecule has 23 heteroatoms. The molecule has 23 nitrogen and oxygen atoms in total. The molecule has 3 aromatic rings. The van der Waals surface area contributed by atoms with Crippen molar-refractivity contribution in [3.8, 4) is 0 Å². The monoisotopic (exact) mass is 1070 g/mol. The Morgan fingerprint density at radius 1 is 0.831 bits per heavy atom. The predicted molar refractivity (Wildman–Crippen MR) is 284 cm³/mol. The summed E-state index contributed by atoms with van der Waals surface area (Å²) in [5.41, 5.74) is 29.4. The fraction of sp³-hybridized carbons (Fsp3) is 0.556. The average Bonchev–Trinajstić information content (AvgIpc) is 4.28. The van der Waals surface area contributed by atoms with Crippen molar-refractivity contribution in [2.24, 2.45) is 45.5 Å². The minimum Gasteiger partial charge on any atom is -0.479 e. The van der Waals surface area contributed by atoms with Gasteiger partial charge in [-0.25, -0.2) is 4.79 Å². The molecule has 0 saturated carbocycles. The van der Waals surface area contributed by atoms with Gasteiger partial charge < -0.3 is 68.8 Å². The molecular formula is C54H76N12O11. The number of aliphatic imine (C=N–C) groups is 1. The molecule has 6 rings (SSSR count). The lowest BCUT2D eigenvalue weighted by Crippen LogP contribution is -2.61. The summed E-state index contributed by atoms with van der Waals surface area (Å²) in [6, 6.07) is 9.51. The van der Waals surface area contributed by atoms with Crippen molar-refractivity contribution in [3.05, 3.63) is 71.9 Å². The van der Waals surface area contributed by atoms with Crippen LogP contribution in [0.4, 0.5) is 0 Å². The van der Waals surface area contributed by atoms with E-state index in [9.17, 15) is 48.3 Å². The second-order valence-electron chi connectivity index (χ2n) is 20.6. The Bertz CT molecular complexity index is 2640. The van der Waals surface area contributed by atoms with Gasteiger partial charge in [0.2, 0.25) is 35.4 Å². The maximum atomic E-state index is 14.9. The van der Waals surface area contributed by atoms with Crippen molar-refractivity contribution in [3.63, 3.8) is 0 Å². The third-order valence-electron chi connectivity index (χ3n) is 15.4. The van der Waals surface area contributed by atoms with Crippen LogP contribution >= 0.6 is 0 Å². The molecular weight excluding hydrogens is 993 g/mol. The summed E-state index contributed by atoms with van der Waals surface area (Å²) in [6.07, 6.45) is 3.32. The molecule has 4 heterocycles. The van der Waals surface area contributed by atoms with Gasteiger partial charge in [0, 0.05) is 49.7 Å². The van der Waals surface area contributed by atoms with E-state index >= 15 is 0 Å². The molecule has 3 aliphatic heterocycles. The van der Waals surface area contributed by atoms with Crippen molar-refractivity contribution in [1.82, 2.24) is 30.3 Å². The Morgan fingerprint density at radius 2 is 1.51 bits per heavy atom. The number of primary amides is 1. The average molecular weight is 1070 g/mol. The number of amides is 6. The van der Waals surface area contributed by atoms with E-state index in [4.69, 9.17) is 33.4 Å². The van der Waals surface area contributed by atoms with Crippen LogP contribution in [0.25, 0.3) is 10.9 Å². The number of ether oxygens (including phenoxy) is 1. The number of fused-ring (bicyclic) bond motifs is 1. The van der Waals surface area contributed by atoms with Crippen molar-refractivity contribution in [2.45, 2.75) is 152 Å². The van der Waals surface area contributed by atoms with Gasteiger partial charge in [0.1, 0.15) is 42.2 Å². The molecule has 3 aliphatic rings. The van der Waals surface area contributed by atoms with Gasteiger partial charge in [-0.15, -0.1) is 0 Å². The maximum Gasteiger partial charge on any atom is 0.329 e. The van der Waals surface area contributed by atoms with Crippen LogP contribution in [0.1, 0.15) is 108 Å². The zero-order valence-corrected chi connectivity index (χ0v) is 44.0. The highest BCUT2D eigenvalue weighted by Crippen LogP contribution is 2.38. The number of likely N-dealkylation sites (tertiary alicyclic amines) is 3. The smallest absolute Gasteiger partial charge is 0.329 e. The summed E-state index contributed by atoms with van der Waals surface area (Å²) in [6.45, 7) is 4.02. The third kappa shape index (κ3) is 14.6. The minimum absolute atomic E-state index is 0.000344. The van der Waals surface area contributed by atoms with E-state index in [-0.39, 0.29) is 103 Å². The highest BCUT2D eigenvalue weighted by molar-refractivity contribution is 6.02. The van der Waals surface area contributed by atoms with E-state index in [1.165, 1.54) is 14.7 Å². The number of rotatable bonds is 27. The Balaban J connectivity index is 1.17. The lowest BCUT2D eigenvalue weighted by molar-refractivity contribution is -0.162. The zero-order valence-electron chi connectivity index (χ0n) is 44.0. The number of carboxylic acid groups (broad SMARTS) is 1. The number of carbonyl (C=O) groups is 9. The molecule has 77 heavy (non-hydrogen) atoms. The van der Waals surface area contributed by atoms with Gasteiger partial charge in [-0.2, -0.15) is 0 Å². The number of nitrogens with one attached hydrogen (secondary N) is 3. The Morgan fingerprint density at radius 3 is 2.18 bits per heavy atom. The van der Waals surface area contributed by atoms with Crippen LogP contribution in [0.15, 0.2) is 65.8 Å². The molecule has 2 aromatic carbocycles. The molecule has 14 N–H and O–H groups in total. The number of aromatic nitrogens is 1. The van der Waals surface area contributed by atoms with Gasteiger partial charge >= 0.3 is 11.9 Å².